The number of rotatable bonds is 6. The van der Waals surface area contributed by atoms with Crippen LogP contribution in [0.1, 0.15) is 28.8 Å². The van der Waals surface area contributed by atoms with Crippen LogP contribution in [0.4, 0.5) is 20.3 Å². The van der Waals surface area contributed by atoms with Crippen LogP contribution in [0.5, 0.6) is 5.75 Å². The molecule has 2 aromatic carbocycles. The van der Waals surface area contributed by atoms with Crippen molar-refractivity contribution in [3.8, 4) is 17.0 Å². The van der Waals surface area contributed by atoms with Gasteiger partial charge in [-0.15, -0.1) is 0 Å². The molecule has 2 fully saturated rings. The van der Waals surface area contributed by atoms with E-state index in [4.69, 9.17) is 4.74 Å². The minimum absolute atomic E-state index is 0.000789. The summed E-state index contributed by atoms with van der Waals surface area (Å²) in [5.74, 6) is -2.92. The fourth-order valence-corrected chi connectivity index (χ4v) is 6.24. The Labute approximate surface area is 267 Å². The number of fused-ring (bicyclic) bond motifs is 1. The Hall–Kier alpha value is -4.70. The van der Waals surface area contributed by atoms with E-state index >= 15 is 0 Å². The molecule has 0 bridgehead atoms. The van der Waals surface area contributed by atoms with Gasteiger partial charge in [0.05, 0.1) is 31.2 Å². The highest BCUT2D eigenvalue weighted by Gasteiger charge is 2.50. The van der Waals surface area contributed by atoms with Crippen LogP contribution in [0.2, 0.25) is 0 Å². The maximum Gasteiger partial charge on any atom is 0.254 e. The molecule has 1 saturated heterocycles. The first-order valence-corrected chi connectivity index (χ1v) is 15.0. The van der Waals surface area contributed by atoms with E-state index in [1.54, 1.807) is 40.6 Å². The van der Waals surface area contributed by atoms with Crippen LogP contribution < -0.4 is 10.1 Å². The molecule has 3 heterocycles. The van der Waals surface area contributed by atoms with Crippen LogP contribution in [-0.2, 0) is 4.79 Å². The van der Waals surface area contributed by atoms with Crippen molar-refractivity contribution < 1.29 is 43.5 Å². The topological polar surface area (TPSA) is 173 Å². The third-order valence-electron chi connectivity index (χ3n) is 8.82. The fraction of sp³-hybridized carbons (Fsp3) is 0.375. The van der Waals surface area contributed by atoms with E-state index < -0.39 is 54.3 Å². The molecule has 0 radical (unpaired) electrons. The molecule has 2 aliphatic rings. The summed E-state index contributed by atoms with van der Waals surface area (Å²) in [7, 11) is 1.25. The molecular weight excluding hydrogens is 618 g/mol. The monoisotopic (exact) mass is 652 g/mol. The Morgan fingerprint density at radius 1 is 0.979 bits per heavy atom. The predicted molar refractivity (Wildman–Crippen MR) is 164 cm³/mol. The fourth-order valence-electron chi connectivity index (χ4n) is 6.24. The number of hydrogen-bond donors (Lipinski definition) is 5. The second-order valence-electron chi connectivity index (χ2n) is 11.9. The number of hydrogen-bond acceptors (Lipinski definition) is 10. The van der Waals surface area contributed by atoms with Crippen molar-refractivity contribution >= 4 is 29.0 Å². The lowest BCUT2D eigenvalue weighted by Gasteiger charge is -2.43. The maximum atomic E-state index is 14.8. The molecule has 1 aliphatic heterocycles. The minimum atomic E-state index is -2.01. The Morgan fingerprint density at radius 2 is 1.66 bits per heavy atom. The number of methoxy groups -OCH3 is 1. The van der Waals surface area contributed by atoms with Crippen LogP contribution in [0.15, 0.2) is 48.9 Å². The zero-order chi connectivity index (χ0) is 33.6. The van der Waals surface area contributed by atoms with Crippen molar-refractivity contribution in [3.05, 3.63) is 71.7 Å². The predicted octanol–water partition coefficient (Wildman–Crippen LogP) is 1.63. The Morgan fingerprint density at radius 3 is 2.32 bits per heavy atom. The highest BCUT2D eigenvalue weighted by molar-refractivity contribution is 5.96. The third-order valence-corrected chi connectivity index (χ3v) is 8.82. The van der Waals surface area contributed by atoms with E-state index in [0.717, 1.165) is 0 Å². The number of carbonyl (C=O) groups is 2. The molecule has 4 aromatic rings. The summed E-state index contributed by atoms with van der Waals surface area (Å²) in [6.45, 7) is 2.50. The number of aliphatic hydroxyl groups excluding tert-OH is 3. The van der Waals surface area contributed by atoms with Gasteiger partial charge in [0.15, 0.2) is 23.0 Å². The van der Waals surface area contributed by atoms with Gasteiger partial charge in [0.1, 0.15) is 11.7 Å². The summed E-state index contributed by atoms with van der Waals surface area (Å²) in [5.41, 5.74) is 0.392. The average Bonchev–Trinajstić information content (AvgIpc) is 3.49. The van der Waals surface area contributed by atoms with Crippen molar-refractivity contribution in [2.75, 3.05) is 38.6 Å². The summed E-state index contributed by atoms with van der Waals surface area (Å²) in [6, 6.07) is 7.89. The molecule has 5 N–H and O–H groups in total. The number of ether oxygens (including phenoxy) is 1. The number of carbonyl (C=O) groups excluding carboxylic acids is 2. The minimum Gasteiger partial charge on any atom is -0.494 e. The van der Waals surface area contributed by atoms with Gasteiger partial charge >= 0.3 is 0 Å². The quantitative estimate of drug-likeness (QED) is 0.206. The first kappa shape index (κ1) is 32.2. The second kappa shape index (κ2) is 12.5. The smallest absolute Gasteiger partial charge is 0.254 e. The first-order valence-electron chi connectivity index (χ1n) is 15.0. The number of piperazine rings is 1. The van der Waals surface area contributed by atoms with Crippen molar-refractivity contribution in [2.45, 2.75) is 43.7 Å². The largest absolute Gasteiger partial charge is 0.494 e. The number of amides is 2. The van der Waals surface area contributed by atoms with Gasteiger partial charge in [-0.2, -0.15) is 4.39 Å². The summed E-state index contributed by atoms with van der Waals surface area (Å²) in [5, 5.41) is 43.8. The van der Waals surface area contributed by atoms with Crippen LogP contribution in [-0.4, -0.2) is 114 Å². The van der Waals surface area contributed by atoms with Gasteiger partial charge in [-0.25, -0.2) is 14.4 Å². The third kappa shape index (κ3) is 5.86. The maximum absolute atomic E-state index is 14.8. The zero-order valence-electron chi connectivity index (χ0n) is 25.6. The molecule has 2 aromatic heterocycles. The van der Waals surface area contributed by atoms with E-state index in [0.29, 0.717) is 34.0 Å². The number of aromatic nitrogens is 3. The molecule has 0 spiro atoms. The number of anilines is 2. The molecule has 6 rings (SSSR count). The summed E-state index contributed by atoms with van der Waals surface area (Å²) in [6.07, 6.45) is -0.608. The molecule has 1 saturated carbocycles. The molecule has 0 unspecified atom stereocenters. The summed E-state index contributed by atoms with van der Waals surface area (Å²) < 4.78 is 35.7. The average molecular weight is 653 g/mol. The van der Waals surface area contributed by atoms with E-state index in [9.17, 15) is 38.8 Å². The van der Waals surface area contributed by atoms with E-state index in [1.165, 1.54) is 36.5 Å². The molecule has 248 valence electrons. The van der Waals surface area contributed by atoms with Crippen molar-refractivity contribution in [1.82, 2.24) is 24.2 Å². The summed E-state index contributed by atoms with van der Waals surface area (Å²) in [4.78, 5) is 38.2. The zero-order valence-corrected chi connectivity index (χ0v) is 25.6. The van der Waals surface area contributed by atoms with Gasteiger partial charge in [0.2, 0.25) is 5.82 Å². The van der Waals surface area contributed by atoms with E-state index in [2.05, 4.69) is 15.3 Å². The number of halogens is 2. The number of aryl methyl sites for hydroxylation is 1. The molecule has 13 nitrogen and oxygen atoms in total. The highest BCUT2D eigenvalue weighted by atomic mass is 19.2. The molecule has 2 atom stereocenters. The van der Waals surface area contributed by atoms with E-state index in [-0.39, 0.29) is 43.4 Å². The van der Waals surface area contributed by atoms with Gasteiger partial charge < -0.3 is 40.3 Å². The Bertz CT molecular complexity index is 1830. The van der Waals surface area contributed by atoms with Crippen LogP contribution in [0.25, 0.3) is 16.9 Å². The standard InChI is InChI=1S/C32H34F2N6O7/c1-17-13-18(37-28-29-36-16-21(40(29)8-7-35-28)20-5-6-24(47-2)26(34)25(20)33)3-4-19(17)30(44)38-9-11-39(12-10-38)31(45)32(46)14-22(41)27(43)23(42)15-32/h3-8,13,16,22-23,27,41-43,46H,9-12,14-15H2,1-2H3,(H,35,37)/t22-,23-,27?,32?/m1/s1. The Kier molecular flexibility index (Phi) is 8.57. The second-order valence-corrected chi connectivity index (χ2v) is 11.9. The molecule has 15 heteroatoms. The van der Waals surface area contributed by atoms with Gasteiger partial charge in [-0.3, -0.25) is 14.0 Å². The number of aliphatic hydroxyl groups is 4. The summed E-state index contributed by atoms with van der Waals surface area (Å²) >= 11 is 0. The van der Waals surface area contributed by atoms with Crippen LogP contribution in [0.3, 0.4) is 0 Å². The van der Waals surface area contributed by atoms with Crippen molar-refractivity contribution in [3.63, 3.8) is 0 Å². The van der Waals surface area contributed by atoms with Crippen molar-refractivity contribution in [2.24, 2.45) is 0 Å². The van der Waals surface area contributed by atoms with Gasteiger partial charge in [-0.1, -0.05) is 0 Å². The number of imidazole rings is 1. The van der Waals surface area contributed by atoms with Crippen LogP contribution in [0, 0.1) is 18.6 Å². The van der Waals surface area contributed by atoms with Gasteiger partial charge in [0, 0.05) is 68.2 Å². The lowest BCUT2D eigenvalue weighted by Crippen LogP contribution is -2.62. The highest BCUT2D eigenvalue weighted by Crippen LogP contribution is 2.33. The lowest BCUT2D eigenvalue weighted by atomic mass is 9.78. The van der Waals surface area contributed by atoms with Crippen LogP contribution >= 0.6 is 0 Å². The number of nitrogens with one attached hydrogen (secondary N) is 1. The normalized spacial score (nSPS) is 23.2. The number of nitrogens with zero attached hydrogens (tertiary/aromatic N) is 5. The van der Waals surface area contributed by atoms with Crippen molar-refractivity contribution in [1.29, 1.82) is 0 Å². The molecule has 1 aliphatic carbocycles. The Balaban J connectivity index is 1.13. The van der Waals surface area contributed by atoms with Gasteiger partial charge in [0.25, 0.3) is 11.8 Å². The molecular formula is C32H34F2N6O7. The lowest BCUT2D eigenvalue weighted by molar-refractivity contribution is -0.182. The first-order chi connectivity index (χ1) is 22.4. The molecule has 47 heavy (non-hydrogen) atoms. The molecule has 2 amide bonds. The number of benzene rings is 2. The van der Waals surface area contributed by atoms with E-state index in [1.807, 2.05) is 0 Å². The van der Waals surface area contributed by atoms with Gasteiger partial charge in [-0.05, 0) is 42.8 Å². The SMILES string of the molecule is COc1ccc(-c2cnc3c(Nc4ccc(C(=O)N5CCN(C(=O)C6(O)C[C@@H](O)C(O)[C@H](O)C6)CC5)c(C)c4)nccn23)c(F)c1F.